The zero-order valence-corrected chi connectivity index (χ0v) is 7.25. The van der Waals surface area contributed by atoms with E-state index in [2.05, 4.69) is 9.97 Å². The molecule has 12 heavy (non-hydrogen) atoms. The molecule has 0 unspecified atom stereocenters. The maximum Gasteiger partial charge on any atom is 0.221 e. The Labute approximate surface area is 74.5 Å². The fraction of sp³-hybridized carbons (Fsp3) is 0.429. The molecular weight excluding hydrogens is 174 g/mol. The van der Waals surface area contributed by atoms with Gasteiger partial charge < -0.3 is 10.5 Å². The third-order valence-electron chi connectivity index (χ3n) is 1.54. The Hall–Kier alpha value is -0.810. The number of ether oxygens (including phenoxy) is 1. The average molecular weight is 183 g/mol. The lowest BCUT2D eigenvalue weighted by molar-refractivity contribution is 0.0454. The highest BCUT2D eigenvalue weighted by atomic mass is 32.2. The summed E-state index contributed by atoms with van der Waals surface area (Å²) in [4.78, 5) is 7.88. The lowest BCUT2D eigenvalue weighted by atomic mass is 10.4. The number of hydrogen-bond acceptors (Lipinski definition) is 5. The van der Waals surface area contributed by atoms with Gasteiger partial charge in [-0.1, -0.05) is 11.8 Å². The van der Waals surface area contributed by atoms with E-state index in [0.29, 0.717) is 11.2 Å². The van der Waals surface area contributed by atoms with Crippen molar-refractivity contribution in [1.82, 2.24) is 9.97 Å². The minimum atomic E-state index is 0.334. The van der Waals surface area contributed by atoms with Crippen LogP contribution >= 0.6 is 11.8 Å². The smallest absolute Gasteiger partial charge is 0.221 e. The Morgan fingerprint density at radius 1 is 1.58 bits per heavy atom. The van der Waals surface area contributed by atoms with Crippen molar-refractivity contribution in [2.75, 3.05) is 18.9 Å². The van der Waals surface area contributed by atoms with Crippen LogP contribution in [0, 0.1) is 0 Å². The molecule has 1 aromatic rings. The molecular formula is C7H9N3OS. The van der Waals surface area contributed by atoms with E-state index >= 15 is 0 Å². The van der Waals surface area contributed by atoms with E-state index < -0.39 is 0 Å². The number of thioether (sulfide) groups is 1. The van der Waals surface area contributed by atoms with Crippen molar-refractivity contribution in [1.29, 1.82) is 0 Å². The van der Waals surface area contributed by atoms with Gasteiger partial charge in [-0.05, 0) is 6.07 Å². The van der Waals surface area contributed by atoms with Gasteiger partial charge in [0, 0.05) is 6.20 Å². The second-order valence-electron chi connectivity index (χ2n) is 2.53. The summed E-state index contributed by atoms with van der Waals surface area (Å²) in [5.74, 6) is 0.334. The lowest BCUT2D eigenvalue weighted by Crippen LogP contribution is -2.30. The van der Waals surface area contributed by atoms with Gasteiger partial charge >= 0.3 is 0 Å². The van der Waals surface area contributed by atoms with Gasteiger partial charge in [0.15, 0.2) is 0 Å². The molecule has 0 aliphatic carbocycles. The van der Waals surface area contributed by atoms with E-state index in [1.54, 1.807) is 18.0 Å². The van der Waals surface area contributed by atoms with Gasteiger partial charge in [-0.3, -0.25) is 0 Å². The molecule has 64 valence electrons. The zero-order chi connectivity index (χ0) is 8.39. The molecule has 1 saturated heterocycles. The Balaban J connectivity index is 2.02. The summed E-state index contributed by atoms with van der Waals surface area (Å²) in [5.41, 5.74) is 5.43. The number of nitrogen functional groups attached to an aromatic ring is 1. The Morgan fingerprint density at radius 3 is 3.00 bits per heavy atom. The molecule has 1 fully saturated rings. The van der Waals surface area contributed by atoms with Crippen LogP contribution in [0.1, 0.15) is 0 Å². The standard InChI is InChI=1S/C7H9N3OS/c8-7-9-2-1-6(10-7)12-5-3-11-4-5/h1-2,5H,3-4H2,(H2,8,9,10). The quantitative estimate of drug-likeness (QED) is 0.678. The molecule has 0 spiro atoms. The van der Waals surface area contributed by atoms with E-state index in [9.17, 15) is 0 Å². The van der Waals surface area contributed by atoms with Crippen molar-refractivity contribution in [3.05, 3.63) is 12.3 Å². The summed E-state index contributed by atoms with van der Waals surface area (Å²) in [7, 11) is 0. The molecule has 0 saturated carbocycles. The average Bonchev–Trinajstić information content (AvgIpc) is 1.97. The van der Waals surface area contributed by atoms with Crippen molar-refractivity contribution in [2.45, 2.75) is 10.3 Å². The Bertz CT molecular complexity index is 277. The van der Waals surface area contributed by atoms with Gasteiger partial charge in [0.1, 0.15) is 5.03 Å². The molecule has 0 aromatic carbocycles. The van der Waals surface area contributed by atoms with E-state index in [1.807, 2.05) is 6.07 Å². The topological polar surface area (TPSA) is 61.0 Å². The van der Waals surface area contributed by atoms with Crippen molar-refractivity contribution >= 4 is 17.7 Å². The van der Waals surface area contributed by atoms with Gasteiger partial charge in [0.25, 0.3) is 0 Å². The first-order valence-corrected chi connectivity index (χ1v) is 4.55. The first-order chi connectivity index (χ1) is 5.84. The number of nitrogens with two attached hydrogens (primary N) is 1. The van der Waals surface area contributed by atoms with Gasteiger partial charge in [-0.25, -0.2) is 9.97 Å². The molecule has 4 nitrogen and oxygen atoms in total. The number of aromatic nitrogens is 2. The highest BCUT2D eigenvalue weighted by molar-refractivity contribution is 8.00. The summed E-state index contributed by atoms with van der Waals surface area (Å²) < 4.78 is 5.04. The van der Waals surface area contributed by atoms with Crippen molar-refractivity contribution < 1.29 is 4.74 Å². The molecule has 0 amide bonds. The maximum absolute atomic E-state index is 5.43. The van der Waals surface area contributed by atoms with Crippen LogP contribution in [0.5, 0.6) is 0 Å². The molecule has 0 radical (unpaired) electrons. The normalized spacial score (nSPS) is 17.3. The monoisotopic (exact) mass is 183 g/mol. The van der Waals surface area contributed by atoms with Crippen LogP contribution in [-0.4, -0.2) is 28.4 Å². The molecule has 0 atom stereocenters. The van der Waals surface area contributed by atoms with Crippen LogP contribution in [-0.2, 0) is 4.74 Å². The first-order valence-electron chi connectivity index (χ1n) is 3.67. The second-order valence-corrected chi connectivity index (χ2v) is 3.85. The molecule has 2 N–H and O–H groups in total. The van der Waals surface area contributed by atoms with E-state index in [0.717, 1.165) is 18.2 Å². The summed E-state index contributed by atoms with van der Waals surface area (Å²) in [6, 6.07) is 1.86. The largest absolute Gasteiger partial charge is 0.379 e. The van der Waals surface area contributed by atoms with Crippen LogP contribution in [0.3, 0.4) is 0 Å². The minimum absolute atomic E-state index is 0.334. The predicted molar refractivity (Wildman–Crippen MR) is 46.9 cm³/mol. The highest BCUT2D eigenvalue weighted by Gasteiger charge is 2.19. The maximum atomic E-state index is 5.43. The number of nitrogens with zero attached hydrogens (tertiary/aromatic N) is 2. The van der Waals surface area contributed by atoms with Gasteiger partial charge in [0.2, 0.25) is 5.95 Å². The van der Waals surface area contributed by atoms with Crippen LogP contribution in [0.15, 0.2) is 17.3 Å². The van der Waals surface area contributed by atoms with E-state index in [-0.39, 0.29) is 0 Å². The molecule has 2 rings (SSSR count). The zero-order valence-electron chi connectivity index (χ0n) is 6.43. The third kappa shape index (κ3) is 1.67. The van der Waals surface area contributed by atoms with Crippen LogP contribution < -0.4 is 5.73 Å². The van der Waals surface area contributed by atoms with Crippen molar-refractivity contribution in [2.24, 2.45) is 0 Å². The van der Waals surface area contributed by atoms with Crippen LogP contribution in [0.4, 0.5) is 5.95 Å². The minimum Gasteiger partial charge on any atom is -0.379 e. The fourth-order valence-corrected chi connectivity index (χ4v) is 1.83. The molecule has 2 heterocycles. The lowest BCUT2D eigenvalue weighted by Gasteiger charge is -2.24. The number of anilines is 1. The molecule has 1 aliphatic heterocycles. The predicted octanol–water partition coefficient (Wildman–Crippen LogP) is 0.550. The molecule has 0 bridgehead atoms. The summed E-state index contributed by atoms with van der Waals surface area (Å²) in [6.07, 6.45) is 1.67. The van der Waals surface area contributed by atoms with Gasteiger partial charge in [0.05, 0.1) is 18.5 Å². The van der Waals surface area contributed by atoms with Crippen molar-refractivity contribution in [3.8, 4) is 0 Å². The Kier molecular flexibility index (Phi) is 2.14. The first kappa shape index (κ1) is 7.82. The SMILES string of the molecule is Nc1nccc(SC2COC2)n1. The summed E-state index contributed by atoms with van der Waals surface area (Å²) >= 11 is 1.69. The van der Waals surface area contributed by atoms with Crippen LogP contribution in [0.2, 0.25) is 0 Å². The summed E-state index contributed by atoms with van der Waals surface area (Å²) in [6.45, 7) is 1.63. The van der Waals surface area contributed by atoms with E-state index in [1.165, 1.54) is 0 Å². The fourth-order valence-electron chi connectivity index (χ4n) is 0.875. The van der Waals surface area contributed by atoms with Gasteiger partial charge in [-0.15, -0.1) is 0 Å². The highest BCUT2D eigenvalue weighted by Crippen LogP contribution is 2.25. The number of rotatable bonds is 2. The molecule has 1 aliphatic rings. The van der Waals surface area contributed by atoms with Crippen molar-refractivity contribution in [3.63, 3.8) is 0 Å². The molecule has 1 aromatic heterocycles. The van der Waals surface area contributed by atoms with E-state index in [4.69, 9.17) is 10.5 Å². The Morgan fingerprint density at radius 2 is 2.42 bits per heavy atom. The molecule has 5 heteroatoms. The number of hydrogen-bond donors (Lipinski definition) is 1. The second kappa shape index (κ2) is 3.28. The summed E-state index contributed by atoms with van der Waals surface area (Å²) in [5, 5.41) is 1.47. The third-order valence-corrected chi connectivity index (χ3v) is 2.62. The van der Waals surface area contributed by atoms with Crippen LogP contribution in [0.25, 0.3) is 0 Å². The van der Waals surface area contributed by atoms with Gasteiger partial charge in [-0.2, -0.15) is 0 Å².